The number of hydrogen-bond acceptors (Lipinski definition) is 2. The number of aromatic nitrogens is 1. The number of ketones is 1. The van der Waals surface area contributed by atoms with E-state index in [-0.39, 0.29) is 5.78 Å². The van der Waals surface area contributed by atoms with Crippen LogP contribution in [-0.2, 0) is 0 Å². The molecular weight excluding hydrogens is 405 g/mol. The molecular formula is C12H5Br2Cl2NO. The fourth-order valence-corrected chi connectivity index (χ4v) is 2.82. The molecule has 0 aliphatic carbocycles. The molecule has 0 aliphatic rings. The highest BCUT2D eigenvalue weighted by atomic mass is 79.9. The zero-order valence-corrected chi connectivity index (χ0v) is 13.4. The quantitative estimate of drug-likeness (QED) is 0.642. The SMILES string of the molecule is O=C(c1ccc(Cl)c(Cl)c1)c1ncc(Br)cc1Br. The molecule has 2 aromatic rings. The Labute approximate surface area is 131 Å². The van der Waals surface area contributed by atoms with Crippen molar-refractivity contribution in [3.63, 3.8) is 0 Å². The number of carbonyl (C=O) groups excluding carboxylic acids is 1. The second-order valence-corrected chi connectivity index (χ2v) is 6.03. The van der Waals surface area contributed by atoms with E-state index >= 15 is 0 Å². The molecule has 0 N–H and O–H groups in total. The van der Waals surface area contributed by atoms with Crippen LogP contribution in [0.4, 0.5) is 0 Å². The van der Waals surface area contributed by atoms with E-state index in [0.717, 1.165) is 4.47 Å². The number of halogens is 4. The summed E-state index contributed by atoms with van der Waals surface area (Å²) in [7, 11) is 0. The topological polar surface area (TPSA) is 30.0 Å². The van der Waals surface area contributed by atoms with Gasteiger partial charge in [0.25, 0.3) is 0 Å². The van der Waals surface area contributed by atoms with Crippen molar-refractivity contribution in [2.24, 2.45) is 0 Å². The average molecular weight is 410 g/mol. The Balaban J connectivity index is 2.44. The molecule has 1 aromatic carbocycles. The van der Waals surface area contributed by atoms with Gasteiger partial charge in [0.05, 0.1) is 10.0 Å². The molecule has 0 amide bonds. The van der Waals surface area contributed by atoms with Gasteiger partial charge >= 0.3 is 0 Å². The number of benzene rings is 1. The summed E-state index contributed by atoms with van der Waals surface area (Å²) in [4.78, 5) is 16.3. The first kappa shape index (κ1) is 14.0. The van der Waals surface area contributed by atoms with Gasteiger partial charge in [-0.2, -0.15) is 0 Å². The monoisotopic (exact) mass is 407 g/mol. The molecule has 0 bridgehead atoms. The molecule has 2 nitrogen and oxygen atoms in total. The summed E-state index contributed by atoms with van der Waals surface area (Å²) >= 11 is 18.3. The Morgan fingerprint density at radius 3 is 2.44 bits per heavy atom. The van der Waals surface area contributed by atoms with E-state index in [1.165, 1.54) is 6.07 Å². The van der Waals surface area contributed by atoms with E-state index in [0.29, 0.717) is 25.8 Å². The Morgan fingerprint density at radius 1 is 1.11 bits per heavy atom. The maximum atomic E-state index is 12.2. The summed E-state index contributed by atoms with van der Waals surface area (Å²) in [6, 6.07) is 6.50. The van der Waals surface area contributed by atoms with Crippen LogP contribution in [0.1, 0.15) is 16.1 Å². The van der Waals surface area contributed by atoms with Gasteiger partial charge in [-0.25, -0.2) is 0 Å². The van der Waals surface area contributed by atoms with Crippen LogP contribution in [0.3, 0.4) is 0 Å². The van der Waals surface area contributed by atoms with Crippen molar-refractivity contribution >= 4 is 60.8 Å². The van der Waals surface area contributed by atoms with Crippen molar-refractivity contribution < 1.29 is 4.79 Å². The highest BCUT2D eigenvalue weighted by Gasteiger charge is 2.15. The molecule has 0 spiro atoms. The number of pyridine rings is 1. The van der Waals surface area contributed by atoms with Crippen molar-refractivity contribution in [1.82, 2.24) is 4.98 Å². The molecule has 1 aromatic heterocycles. The van der Waals surface area contributed by atoms with Gasteiger partial charge in [0, 0.05) is 20.7 Å². The van der Waals surface area contributed by atoms with Crippen LogP contribution >= 0.6 is 55.1 Å². The third kappa shape index (κ3) is 2.94. The summed E-state index contributed by atoms with van der Waals surface area (Å²) < 4.78 is 1.41. The number of carbonyl (C=O) groups is 1. The van der Waals surface area contributed by atoms with Crippen molar-refractivity contribution in [2.45, 2.75) is 0 Å². The van der Waals surface area contributed by atoms with Gasteiger partial charge in [-0.3, -0.25) is 9.78 Å². The summed E-state index contributed by atoms with van der Waals surface area (Å²) in [6.07, 6.45) is 1.56. The van der Waals surface area contributed by atoms with Gasteiger partial charge in [-0.1, -0.05) is 23.2 Å². The maximum absolute atomic E-state index is 12.2. The van der Waals surface area contributed by atoms with Crippen molar-refractivity contribution in [2.75, 3.05) is 0 Å². The highest BCUT2D eigenvalue weighted by molar-refractivity contribution is 9.11. The van der Waals surface area contributed by atoms with Gasteiger partial charge < -0.3 is 0 Å². The van der Waals surface area contributed by atoms with Crippen LogP contribution in [0.2, 0.25) is 10.0 Å². The van der Waals surface area contributed by atoms with Crippen LogP contribution < -0.4 is 0 Å². The lowest BCUT2D eigenvalue weighted by Gasteiger charge is -2.04. The molecule has 0 fully saturated rings. The minimum absolute atomic E-state index is 0.215. The number of hydrogen-bond donors (Lipinski definition) is 0. The fraction of sp³-hybridized carbons (Fsp3) is 0. The van der Waals surface area contributed by atoms with Crippen LogP contribution in [-0.4, -0.2) is 10.8 Å². The van der Waals surface area contributed by atoms with Crippen LogP contribution in [0.25, 0.3) is 0 Å². The first-order valence-corrected chi connectivity index (χ1v) is 7.14. The largest absolute Gasteiger partial charge is 0.287 e. The van der Waals surface area contributed by atoms with Crippen LogP contribution in [0, 0.1) is 0 Å². The van der Waals surface area contributed by atoms with E-state index in [1.807, 2.05) is 0 Å². The zero-order valence-electron chi connectivity index (χ0n) is 8.75. The summed E-state index contributed by atoms with van der Waals surface area (Å²) in [5.41, 5.74) is 0.775. The normalized spacial score (nSPS) is 10.4. The third-order valence-electron chi connectivity index (χ3n) is 2.20. The Morgan fingerprint density at radius 2 is 1.83 bits per heavy atom. The van der Waals surface area contributed by atoms with Crippen molar-refractivity contribution in [1.29, 1.82) is 0 Å². The lowest BCUT2D eigenvalue weighted by molar-refractivity contribution is 0.103. The molecule has 2 rings (SSSR count). The van der Waals surface area contributed by atoms with Gasteiger partial charge in [-0.15, -0.1) is 0 Å². The van der Waals surface area contributed by atoms with Gasteiger partial charge in [0.15, 0.2) is 0 Å². The Kier molecular flexibility index (Phi) is 4.43. The minimum Gasteiger partial charge on any atom is -0.287 e. The lowest BCUT2D eigenvalue weighted by atomic mass is 10.1. The molecule has 0 saturated carbocycles. The van der Waals surface area contributed by atoms with Gasteiger partial charge in [-0.05, 0) is 56.1 Å². The van der Waals surface area contributed by atoms with Gasteiger partial charge in [0.2, 0.25) is 5.78 Å². The van der Waals surface area contributed by atoms with E-state index in [4.69, 9.17) is 23.2 Å². The number of nitrogens with zero attached hydrogens (tertiary/aromatic N) is 1. The summed E-state index contributed by atoms with van der Waals surface area (Å²) in [5.74, 6) is -0.215. The van der Waals surface area contributed by atoms with E-state index in [9.17, 15) is 4.79 Å². The smallest absolute Gasteiger partial charge is 0.212 e. The van der Waals surface area contributed by atoms with E-state index in [1.54, 1.807) is 24.4 Å². The maximum Gasteiger partial charge on any atom is 0.212 e. The summed E-state index contributed by atoms with van der Waals surface area (Å²) in [5, 5.41) is 0.756. The highest BCUT2D eigenvalue weighted by Crippen LogP contribution is 2.26. The molecule has 92 valence electrons. The first-order valence-electron chi connectivity index (χ1n) is 4.80. The second-order valence-electron chi connectivity index (χ2n) is 3.44. The standard InChI is InChI=1S/C12H5Br2Cl2NO/c13-7-4-8(14)11(17-5-7)12(18)6-1-2-9(15)10(16)3-6/h1-5H. The number of rotatable bonds is 2. The molecule has 18 heavy (non-hydrogen) atoms. The second kappa shape index (κ2) is 5.70. The molecule has 0 unspecified atom stereocenters. The fourth-order valence-electron chi connectivity index (χ4n) is 1.36. The predicted molar refractivity (Wildman–Crippen MR) is 79.5 cm³/mol. The molecule has 0 atom stereocenters. The average Bonchev–Trinajstić information content (AvgIpc) is 2.32. The molecule has 0 radical (unpaired) electrons. The lowest BCUT2D eigenvalue weighted by Crippen LogP contribution is -2.05. The molecule has 1 heterocycles. The van der Waals surface area contributed by atoms with Crippen LogP contribution in [0.5, 0.6) is 0 Å². The van der Waals surface area contributed by atoms with E-state index in [2.05, 4.69) is 36.8 Å². The molecule has 6 heteroatoms. The zero-order chi connectivity index (χ0) is 13.3. The molecule has 0 aliphatic heterocycles. The van der Waals surface area contributed by atoms with E-state index < -0.39 is 0 Å². The third-order valence-corrected chi connectivity index (χ3v) is 3.98. The van der Waals surface area contributed by atoms with Crippen LogP contribution in [0.15, 0.2) is 39.4 Å². The van der Waals surface area contributed by atoms with Crippen molar-refractivity contribution in [3.8, 4) is 0 Å². The summed E-state index contributed by atoms with van der Waals surface area (Å²) in [6.45, 7) is 0. The first-order chi connectivity index (χ1) is 8.49. The minimum atomic E-state index is -0.215. The van der Waals surface area contributed by atoms with Gasteiger partial charge in [0.1, 0.15) is 5.69 Å². The van der Waals surface area contributed by atoms with Crippen molar-refractivity contribution in [3.05, 3.63) is 60.7 Å². The Bertz CT molecular complexity index is 631. The molecule has 0 saturated heterocycles. The predicted octanol–water partition coefficient (Wildman–Crippen LogP) is 5.14. The Hall–Kier alpha value is -0.420.